The first-order valence-electron chi connectivity index (χ1n) is 6.96. The second kappa shape index (κ2) is 4.97. The third-order valence-corrected chi connectivity index (χ3v) is 3.85. The Morgan fingerprint density at radius 3 is 1.78 bits per heavy atom. The van der Waals surface area contributed by atoms with Crippen LogP contribution in [0.5, 0.6) is 0 Å². The second-order valence-corrected chi connectivity index (χ2v) is 5.50. The van der Waals surface area contributed by atoms with Crippen LogP contribution < -0.4 is 0 Å². The molecule has 1 fully saturated rings. The zero-order valence-corrected chi connectivity index (χ0v) is 11.0. The average molecular weight is 236 g/mol. The Balaban J connectivity index is 1.60. The van der Waals surface area contributed by atoms with Crippen LogP contribution in [0.2, 0.25) is 0 Å². The number of benzene rings is 2. The highest BCUT2D eigenvalue weighted by Crippen LogP contribution is 2.39. The van der Waals surface area contributed by atoms with Crippen LogP contribution in [-0.2, 0) is 12.8 Å². The van der Waals surface area contributed by atoms with Crippen molar-refractivity contribution in [3.63, 3.8) is 0 Å². The maximum Gasteiger partial charge on any atom is -0.0162 e. The summed E-state index contributed by atoms with van der Waals surface area (Å²) in [4.78, 5) is 0. The SMILES string of the molecule is Cc1ccc(CCc2ccc(C3CC3)cc2)cc1. The number of aryl methyl sites for hydroxylation is 3. The van der Waals surface area contributed by atoms with E-state index in [4.69, 9.17) is 0 Å². The molecule has 0 N–H and O–H groups in total. The monoisotopic (exact) mass is 236 g/mol. The molecule has 0 heteroatoms. The van der Waals surface area contributed by atoms with Gasteiger partial charge in [-0.05, 0) is 55.2 Å². The highest BCUT2D eigenvalue weighted by Gasteiger charge is 2.22. The van der Waals surface area contributed by atoms with Gasteiger partial charge >= 0.3 is 0 Å². The zero-order valence-electron chi connectivity index (χ0n) is 11.0. The molecule has 0 atom stereocenters. The van der Waals surface area contributed by atoms with E-state index in [1.807, 2.05) is 0 Å². The molecular formula is C18H20. The van der Waals surface area contributed by atoms with Crippen LogP contribution in [0.1, 0.15) is 41.0 Å². The van der Waals surface area contributed by atoms with E-state index in [1.165, 1.54) is 35.1 Å². The lowest BCUT2D eigenvalue weighted by Crippen LogP contribution is -1.92. The van der Waals surface area contributed by atoms with Gasteiger partial charge in [-0.1, -0.05) is 54.1 Å². The van der Waals surface area contributed by atoms with Gasteiger partial charge in [0.25, 0.3) is 0 Å². The zero-order chi connectivity index (χ0) is 12.4. The van der Waals surface area contributed by atoms with Crippen molar-refractivity contribution in [1.29, 1.82) is 0 Å². The summed E-state index contributed by atoms with van der Waals surface area (Å²) >= 11 is 0. The van der Waals surface area contributed by atoms with Gasteiger partial charge in [-0.15, -0.1) is 0 Å². The van der Waals surface area contributed by atoms with Crippen molar-refractivity contribution in [1.82, 2.24) is 0 Å². The fourth-order valence-electron chi connectivity index (χ4n) is 2.42. The van der Waals surface area contributed by atoms with E-state index in [1.54, 1.807) is 0 Å². The molecule has 0 heterocycles. The van der Waals surface area contributed by atoms with Crippen LogP contribution in [0.15, 0.2) is 48.5 Å². The average Bonchev–Trinajstić information content (AvgIpc) is 3.23. The van der Waals surface area contributed by atoms with Crippen molar-refractivity contribution < 1.29 is 0 Å². The van der Waals surface area contributed by atoms with Crippen LogP contribution in [0, 0.1) is 6.92 Å². The molecule has 0 bridgehead atoms. The van der Waals surface area contributed by atoms with Gasteiger partial charge in [0.2, 0.25) is 0 Å². The number of hydrogen-bond donors (Lipinski definition) is 0. The molecule has 2 aromatic rings. The molecule has 92 valence electrons. The van der Waals surface area contributed by atoms with Crippen LogP contribution in [-0.4, -0.2) is 0 Å². The summed E-state index contributed by atoms with van der Waals surface area (Å²) in [7, 11) is 0. The van der Waals surface area contributed by atoms with Crippen molar-refractivity contribution in [3.05, 3.63) is 70.8 Å². The van der Waals surface area contributed by atoms with Crippen LogP contribution in [0.25, 0.3) is 0 Å². The number of rotatable bonds is 4. The Bertz CT molecular complexity index is 501. The molecule has 0 radical (unpaired) electrons. The standard InChI is InChI=1S/C18H20/c1-14-2-4-15(5-3-14)6-7-16-8-10-17(11-9-16)18-12-13-18/h2-5,8-11,18H,6-7,12-13H2,1H3. The van der Waals surface area contributed by atoms with Gasteiger partial charge < -0.3 is 0 Å². The van der Waals surface area contributed by atoms with Gasteiger partial charge in [0.1, 0.15) is 0 Å². The van der Waals surface area contributed by atoms with Crippen LogP contribution in [0.3, 0.4) is 0 Å². The van der Waals surface area contributed by atoms with E-state index in [-0.39, 0.29) is 0 Å². The highest BCUT2D eigenvalue weighted by atomic mass is 14.3. The predicted octanol–water partition coefficient (Wildman–Crippen LogP) is 4.66. The Kier molecular flexibility index (Phi) is 3.19. The van der Waals surface area contributed by atoms with E-state index >= 15 is 0 Å². The van der Waals surface area contributed by atoms with E-state index in [2.05, 4.69) is 55.5 Å². The second-order valence-electron chi connectivity index (χ2n) is 5.50. The summed E-state index contributed by atoms with van der Waals surface area (Å²) in [6, 6.07) is 18.1. The minimum atomic E-state index is 0.871. The first-order chi connectivity index (χ1) is 8.81. The molecule has 0 saturated heterocycles. The number of hydrogen-bond acceptors (Lipinski definition) is 0. The van der Waals surface area contributed by atoms with E-state index < -0.39 is 0 Å². The largest absolute Gasteiger partial charge is 0.0591 e. The van der Waals surface area contributed by atoms with Crippen molar-refractivity contribution in [3.8, 4) is 0 Å². The van der Waals surface area contributed by atoms with E-state index in [0.717, 1.165) is 18.8 Å². The maximum absolute atomic E-state index is 2.32. The third kappa shape index (κ3) is 2.81. The summed E-state index contributed by atoms with van der Waals surface area (Å²) in [6.07, 6.45) is 5.07. The summed E-state index contributed by atoms with van der Waals surface area (Å²) in [6.45, 7) is 2.14. The fraction of sp³-hybridized carbons (Fsp3) is 0.333. The lowest BCUT2D eigenvalue weighted by atomic mass is 10.0. The molecule has 0 unspecified atom stereocenters. The molecule has 0 nitrogen and oxygen atoms in total. The summed E-state index contributed by atoms with van der Waals surface area (Å²) in [5, 5.41) is 0. The predicted molar refractivity (Wildman–Crippen MR) is 77.0 cm³/mol. The lowest BCUT2D eigenvalue weighted by molar-refractivity contribution is 0.956. The molecule has 0 aromatic heterocycles. The van der Waals surface area contributed by atoms with Gasteiger partial charge in [-0.2, -0.15) is 0 Å². The van der Waals surface area contributed by atoms with Crippen LogP contribution in [0.4, 0.5) is 0 Å². The molecule has 0 aliphatic heterocycles. The Morgan fingerprint density at radius 2 is 1.28 bits per heavy atom. The topological polar surface area (TPSA) is 0 Å². The molecule has 1 aliphatic rings. The van der Waals surface area contributed by atoms with Crippen molar-refractivity contribution in [2.45, 2.75) is 38.5 Å². The van der Waals surface area contributed by atoms with Gasteiger partial charge in [0.15, 0.2) is 0 Å². The van der Waals surface area contributed by atoms with Gasteiger partial charge in [-0.3, -0.25) is 0 Å². The lowest BCUT2D eigenvalue weighted by Gasteiger charge is -2.04. The Hall–Kier alpha value is -1.56. The molecule has 2 aromatic carbocycles. The first-order valence-corrected chi connectivity index (χ1v) is 6.96. The summed E-state index contributed by atoms with van der Waals surface area (Å²) in [5.41, 5.74) is 5.77. The minimum Gasteiger partial charge on any atom is -0.0591 e. The minimum absolute atomic E-state index is 0.871. The molecule has 1 saturated carbocycles. The van der Waals surface area contributed by atoms with Crippen molar-refractivity contribution >= 4 is 0 Å². The Labute approximate surface area is 110 Å². The molecule has 3 rings (SSSR count). The van der Waals surface area contributed by atoms with Crippen molar-refractivity contribution in [2.75, 3.05) is 0 Å². The van der Waals surface area contributed by atoms with E-state index in [9.17, 15) is 0 Å². The molecule has 0 amide bonds. The quantitative estimate of drug-likeness (QED) is 0.724. The van der Waals surface area contributed by atoms with Crippen LogP contribution >= 0.6 is 0 Å². The molecule has 1 aliphatic carbocycles. The van der Waals surface area contributed by atoms with E-state index in [0.29, 0.717) is 0 Å². The van der Waals surface area contributed by atoms with Gasteiger partial charge in [0.05, 0.1) is 0 Å². The Morgan fingerprint density at radius 1 is 0.778 bits per heavy atom. The van der Waals surface area contributed by atoms with Gasteiger partial charge in [0, 0.05) is 0 Å². The smallest absolute Gasteiger partial charge is 0.0162 e. The molecular weight excluding hydrogens is 216 g/mol. The van der Waals surface area contributed by atoms with Crippen molar-refractivity contribution in [2.24, 2.45) is 0 Å². The summed E-state index contributed by atoms with van der Waals surface area (Å²) < 4.78 is 0. The maximum atomic E-state index is 2.32. The molecule has 0 spiro atoms. The highest BCUT2D eigenvalue weighted by molar-refractivity contribution is 5.29. The third-order valence-electron chi connectivity index (χ3n) is 3.85. The first kappa shape index (κ1) is 11.5. The fourth-order valence-corrected chi connectivity index (χ4v) is 2.42. The molecule has 18 heavy (non-hydrogen) atoms. The van der Waals surface area contributed by atoms with Gasteiger partial charge in [-0.25, -0.2) is 0 Å². The normalized spacial score (nSPS) is 14.7. The summed E-state index contributed by atoms with van der Waals surface area (Å²) in [5.74, 6) is 0.871.